The molecule has 1 amide bonds. The van der Waals surface area contributed by atoms with Crippen LogP contribution in [0, 0.1) is 0 Å². The summed E-state index contributed by atoms with van der Waals surface area (Å²) in [4.78, 5) is 18.6. The first-order chi connectivity index (χ1) is 9.78. The van der Waals surface area contributed by atoms with Crippen molar-refractivity contribution >= 4 is 11.6 Å². The van der Waals surface area contributed by atoms with Crippen LogP contribution >= 0.6 is 0 Å². The van der Waals surface area contributed by atoms with Crippen molar-refractivity contribution in [3.63, 3.8) is 0 Å². The highest BCUT2D eigenvalue weighted by atomic mass is 16.5. The van der Waals surface area contributed by atoms with Gasteiger partial charge in [-0.1, -0.05) is 6.07 Å². The van der Waals surface area contributed by atoms with E-state index in [-0.39, 0.29) is 12.0 Å². The molecule has 1 atom stereocenters. The molecule has 0 N–H and O–H groups in total. The van der Waals surface area contributed by atoms with E-state index in [4.69, 9.17) is 9.47 Å². The molecule has 1 aliphatic rings. The lowest BCUT2D eigenvalue weighted by Crippen LogP contribution is -2.47. The van der Waals surface area contributed by atoms with Crippen LogP contribution in [0.15, 0.2) is 30.6 Å². The van der Waals surface area contributed by atoms with Crippen molar-refractivity contribution in [1.82, 2.24) is 14.3 Å². The van der Waals surface area contributed by atoms with Crippen LogP contribution < -0.4 is 0 Å². The summed E-state index contributed by atoms with van der Waals surface area (Å²) >= 11 is 0. The monoisotopic (exact) mass is 275 g/mol. The summed E-state index contributed by atoms with van der Waals surface area (Å²) in [5.41, 5.74) is 1.24. The maximum atomic E-state index is 12.5. The zero-order valence-corrected chi connectivity index (χ0v) is 11.4. The second-order valence-corrected chi connectivity index (χ2v) is 4.79. The molecule has 6 nitrogen and oxygen atoms in total. The normalized spacial score (nSPS) is 19.4. The number of hydrogen-bond donors (Lipinski definition) is 0. The molecule has 0 saturated carbocycles. The van der Waals surface area contributed by atoms with Crippen LogP contribution in [0.2, 0.25) is 0 Å². The predicted octanol–water partition coefficient (Wildman–Crippen LogP) is 0.822. The minimum atomic E-state index is -0.0604. The second kappa shape index (κ2) is 5.60. The summed E-state index contributed by atoms with van der Waals surface area (Å²) in [6, 6.07) is 5.69. The standard InChI is InChI=1S/C14H17N3O3/c1-19-10-11-8-17(6-7-20-11)14(18)12-9-16-5-3-2-4-13(16)15-12/h2-5,9,11H,6-8,10H2,1H3. The van der Waals surface area contributed by atoms with Gasteiger partial charge in [-0.15, -0.1) is 0 Å². The quantitative estimate of drug-likeness (QED) is 0.832. The van der Waals surface area contributed by atoms with E-state index in [0.29, 0.717) is 32.0 Å². The summed E-state index contributed by atoms with van der Waals surface area (Å²) < 4.78 is 12.5. The number of methoxy groups -OCH3 is 1. The van der Waals surface area contributed by atoms with E-state index in [0.717, 1.165) is 5.65 Å². The number of carbonyl (C=O) groups is 1. The van der Waals surface area contributed by atoms with Gasteiger partial charge in [0.05, 0.1) is 19.3 Å². The molecule has 1 fully saturated rings. The molecule has 2 aromatic heterocycles. The summed E-state index contributed by atoms with van der Waals surface area (Å²) in [7, 11) is 1.63. The highest BCUT2D eigenvalue weighted by Crippen LogP contribution is 2.12. The van der Waals surface area contributed by atoms with Gasteiger partial charge in [0.25, 0.3) is 5.91 Å². The van der Waals surface area contributed by atoms with E-state index in [1.165, 1.54) is 0 Å². The molecule has 106 valence electrons. The zero-order chi connectivity index (χ0) is 13.9. The third kappa shape index (κ3) is 2.52. The lowest BCUT2D eigenvalue weighted by Gasteiger charge is -2.32. The van der Waals surface area contributed by atoms with Crippen molar-refractivity contribution < 1.29 is 14.3 Å². The Kier molecular flexibility index (Phi) is 3.66. The Morgan fingerprint density at radius 1 is 1.55 bits per heavy atom. The number of ether oxygens (including phenoxy) is 2. The molecule has 2 aromatic rings. The topological polar surface area (TPSA) is 56.1 Å². The van der Waals surface area contributed by atoms with Gasteiger partial charge in [0.15, 0.2) is 0 Å². The number of amides is 1. The molecule has 0 aromatic carbocycles. The molecular formula is C14H17N3O3. The van der Waals surface area contributed by atoms with Crippen molar-refractivity contribution in [2.24, 2.45) is 0 Å². The van der Waals surface area contributed by atoms with E-state index in [1.807, 2.05) is 28.8 Å². The SMILES string of the molecule is COCC1CN(C(=O)c2cn3ccccc3n2)CCO1. The molecular weight excluding hydrogens is 258 g/mol. The van der Waals surface area contributed by atoms with Crippen LogP contribution in [0.1, 0.15) is 10.5 Å². The molecule has 1 unspecified atom stereocenters. The van der Waals surface area contributed by atoms with Crippen molar-refractivity contribution in [1.29, 1.82) is 0 Å². The van der Waals surface area contributed by atoms with Crippen LogP contribution in [-0.4, -0.2) is 59.7 Å². The van der Waals surface area contributed by atoms with E-state index < -0.39 is 0 Å². The van der Waals surface area contributed by atoms with Crippen LogP contribution in [0.5, 0.6) is 0 Å². The summed E-state index contributed by atoms with van der Waals surface area (Å²) in [6.07, 6.45) is 3.58. The van der Waals surface area contributed by atoms with Gasteiger partial charge in [-0.2, -0.15) is 0 Å². The fourth-order valence-electron chi connectivity index (χ4n) is 2.39. The molecule has 6 heteroatoms. The number of aromatic nitrogens is 2. The van der Waals surface area contributed by atoms with Gasteiger partial charge in [0.1, 0.15) is 11.3 Å². The molecule has 20 heavy (non-hydrogen) atoms. The molecule has 0 bridgehead atoms. The fraction of sp³-hybridized carbons (Fsp3) is 0.429. The van der Waals surface area contributed by atoms with E-state index >= 15 is 0 Å². The zero-order valence-electron chi connectivity index (χ0n) is 11.4. The van der Waals surface area contributed by atoms with Gasteiger partial charge in [0.2, 0.25) is 0 Å². The Balaban J connectivity index is 1.77. The van der Waals surface area contributed by atoms with Crippen molar-refractivity contribution in [2.45, 2.75) is 6.10 Å². The van der Waals surface area contributed by atoms with Gasteiger partial charge < -0.3 is 18.8 Å². The second-order valence-electron chi connectivity index (χ2n) is 4.79. The van der Waals surface area contributed by atoms with Gasteiger partial charge in [0, 0.05) is 32.6 Å². The maximum absolute atomic E-state index is 12.5. The van der Waals surface area contributed by atoms with Crippen LogP contribution in [0.25, 0.3) is 5.65 Å². The number of pyridine rings is 1. The number of carbonyl (C=O) groups excluding carboxylic acids is 1. The molecule has 3 rings (SSSR count). The number of hydrogen-bond acceptors (Lipinski definition) is 4. The third-order valence-corrected chi connectivity index (χ3v) is 3.36. The maximum Gasteiger partial charge on any atom is 0.274 e. The smallest absolute Gasteiger partial charge is 0.274 e. The highest BCUT2D eigenvalue weighted by Gasteiger charge is 2.26. The molecule has 0 radical (unpaired) electrons. The number of morpholine rings is 1. The first kappa shape index (κ1) is 13.1. The van der Waals surface area contributed by atoms with Gasteiger partial charge in [-0.25, -0.2) is 4.98 Å². The number of imidazole rings is 1. The van der Waals surface area contributed by atoms with Gasteiger partial charge >= 0.3 is 0 Å². The van der Waals surface area contributed by atoms with E-state index in [9.17, 15) is 4.79 Å². The molecule has 0 spiro atoms. The van der Waals surface area contributed by atoms with Gasteiger partial charge in [-0.05, 0) is 12.1 Å². The van der Waals surface area contributed by atoms with E-state index in [1.54, 1.807) is 18.2 Å². The molecule has 1 aliphatic heterocycles. The summed E-state index contributed by atoms with van der Waals surface area (Å²) in [5, 5.41) is 0. The van der Waals surface area contributed by atoms with Crippen LogP contribution in [0.3, 0.4) is 0 Å². The Hall–Kier alpha value is -1.92. The number of nitrogens with zero attached hydrogens (tertiary/aromatic N) is 3. The fourth-order valence-corrected chi connectivity index (χ4v) is 2.39. The summed E-state index contributed by atoms with van der Waals surface area (Å²) in [6.45, 7) is 2.16. The molecule has 3 heterocycles. The average molecular weight is 275 g/mol. The summed E-state index contributed by atoms with van der Waals surface area (Å²) in [5.74, 6) is -0.0573. The minimum Gasteiger partial charge on any atom is -0.382 e. The largest absolute Gasteiger partial charge is 0.382 e. The number of fused-ring (bicyclic) bond motifs is 1. The minimum absolute atomic E-state index is 0.0573. The average Bonchev–Trinajstić information content (AvgIpc) is 2.91. The lowest BCUT2D eigenvalue weighted by atomic mass is 10.2. The molecule has 0 aliphatic carbocycles. The van der Waals surface area contributed by atoms with Crippen molar-refractivity contribution in [2.75, 3.05) is 33.4 Å². The Bertz CT molecular complexity index is 575. The molecule has 1 saturated heterocycles. The Morgan fingerprint density at radius 2 is 2.45 bits per heavy atom. The number of rotatable bonds is 3. The highest BCUT2D eigenvalue weighted by molar-refractivity contribution is 5.93. The van der Waals surface area contributed by atoms with Crippen molar-refractivity contribution in [3.8, 4) is 0 Å². The van der Waals surface area contributed by atoms with E-state index in [2.05, 4.69) is 4.98 Å². The first-order valence-corrected chi connectivity index (χ1v) is 6.61. The lowest BCUT2D eigenvalue weighted by molar-refractivity contribution is -0.0532. The Labute approximate surface area is 116 Å². The van der Waals surface area contributed by atoms with Gasteiger partial charge in [-0.3, -0.25) is 4.79 Å². The third-order valence-electron chi connectivity index (χ3n) is 3.36. The Morgan fingerprint density at radius 3 is 3.25 bits per heavy atom. The van der Waals surface area contributed by atoms with Crippen molar-refractivity contribution in [3.05, 3.63) is 36.3 Å². The van der Waals surface area contributed by atoms with Crippen LogP contribution in [0.4, 0.5) is 0 Å². The first-order valence-electron chi connectivity index (χ1n) is 6.61. The predicted molar refractivity (Wildman–Crippen MR) is 72.7 cm³/mol. The van der Waals surface area contributed by atoms with Crippen LogP contribution in [-0.2, 0) is 9.47 Å².